The van der Waals surface area contributed by atoms with E-state index in [0.717, 1.165) is 16.9 Å². The third kappa shape index (κ3) is 2.76. The summed E-state index contributed by atoms with van der Waals surface area (Å²) in [6.07, 6.45) is 0. The van der Waals surface area contributed by atoms with Crippen molar-refractivity contribution in [1.82, 2.24) is 5.32 Å². The molecule has 0 bridgehead atoms. The first-order valence-electron chi connectivity index (χ1n) is 6.66. The molecule has 2 aromatic rings. The van der Waals surface area contributed by atoms with Gasteiger partial charge < -0.3 is 20.5 Å². The molecule has 3 rings (SSSR count). The van der Waals surface area contributed by atoms with Crippen molar-refractivity contribution in [3.63, 3.8) is 0 Å². The minimum Gasteiger partial charge on any atom is -0.454 e. The summed E-state index contributed by atoms with van der Waals surface area (Å²) in [4.78, 5) is 12.1. The van der Waals surface area contributed by atoms with E-state index in [0.29, 0.717) is 23.5 Å². The van der Waals surface area contributed by atoms with Gasteiger partial charge in [0.15, 0.2) is 11.5 Å². The van der Waals surface area contributed by atoms with Crippen molar-refractivity contribution >= 4 is 11.6 Å². The molecule has 5 nitrogen and oxygen atoms in total. The molecule has 0 atom stereocenters. The van der Waals surface area contributed by atoms with Gasteiger partial charge in [-0.15, -0.1) is 0 Å². The number of benzene rings is 2. The van der Waals surface area contributed by atoms with Crippen LogP contribution in [0, 0.1) is 6.92 Å². The fraction of sp³-hybridized carbons (Fsp3) is 0.188. The number of ether oxygens (including phenoxy) is 2. The predicted molar refractivity (Wildman–Crippen MR) is 79.3 cm³/mol. The van der Waals surface area contributed by atoms with Crippen LogP contribution in [-0.4, -0.2) is 12.7 Å². The first kappa shape index (κ1) is 13.3. The van der Waals surface area contributed by atoms with Crippen LogP contribution in [0.15, 0.2) is 36.4 Å². The molecular weight excluding hydrogens is 268 g/mol. The summed E-state index contributed by atoms with van der Waals surface area (Å²) in [5.41, 5.74) is 8.88. The van der Waals surface area contributed by atoms with Crippen LogP contribution in [-0.2, 0) is 6.54 Å². The largest absolute Gasteiger partial charge is 0.454 e. The monoisotopic (exact) mass is 284 g/mol. The lowest BCUT2D eigenvalue weighted by Gasteiger charge is -2.08. The number of amides is 1. The lowest BCUT2D eigenvalue weighted by Crippen LogP contribution is -2.22. The number of nitrogen functional groups attached to an aromatic ring is 1. The van der Waals surface area contributed by atoms with E-state index in [1.807, 2.05) is 25.1 Å². The number of rotatable bonds is 3. The van der Waals surface area contributed by atoms with Gasteiger partial charge in [0.05, 0.1) is 0 Å². The zero-order valence-electron chi connectivity index (χ0n) is 11.7. The van der Waals surface area contributed by atoms with Gasteiger partial charge in [0, 0.05) is 17.8 Å². The molecule has 0 aromatic heterocycles. The second-order valence-corrected chi connectivity index (χ2v) is 4.94. The Morgan fingerprint density at radius 1 is 1.19 bits per heavy atom. The highest BCUT2D eigenvalue weighted by Gasteiger charge is 2.13. The van der Waals surface area contributed by atoms with E-state index in [1.165, 1.54) is 0 Å². The van der Waals surface area contributed by atoms with E-state index in [2.05, 4.69) is 5.32 Å². The third-order valence-electron chi connectivity index (χ3n) is 3.42. The lowest BCUT2D eigenvalue weighted by molar-refractivity contribution is 0.0951. The van der Waals surface area contributed by atoms with E-state index in [4.69, 9.17) is 15.2 Å². The summed E-state index contributed by atoms with van der Waals surface area (Å²) in [7, 11) is 0. The van der Waals surface area contributed by atoms with Gasteiger partial charge in [0.25, 0.3) is 5.91 Å². The molecule has 5 heteroatoms. The SMILES string of the molecule is Cc1cc(C(=O)NCc2ccc3c(c2)OCO3)ccc1N. The fourth-order valence-corrected chi connectivity index (χ4v) is 2.15. The van der Waals surface area contributed by atoms with Crippen molar-refractivity contribution in [2.24, 2.45) is 0 Å². The molecule has 1 aliphatic heterocycles. The molecule has 1 heterocycles. The second kappa shape index (κ2) is 5.36. The quantitative estimate of drug-likeness (QED) is 0.848. The van der Waals surface area contributed by atoms with Crippen molar-refractivity contribution in [2.75, 3.05) is 12.5 Å². The molecule has 1 aliphatic rings. The molecule has 108 valence electrons. The van der Waals surface area contributed by atoms with Gasteiger partial charge >= 0.3 is 0 Å². The highest BCUT2D eigenvalue weighted by Crippen LogP contribution is 2.32. The number of nitrogens with one attached hydrogen (secondary N) is 1. The Labute approximate surface area is 122 Å². The average molecular weight is 284 g/mol. The van der Waals surface area contributed by atoms with E-state index in [-0.39, 0.29) is 12.7 Å². The number of fused-ring (bicyclic) bond motifs is 1. The minimum atomic E-state index is -0.129. The van der Waals surface area contributed by atoms with Gasteiger partial charge in [-0.1, -0.05) is 6.07 Å². The Balaban J connectivity index is 1.67. The molecule has 0 spiro atoms. The molecule has 0 aliphatic carbocycles. The van der Waals surface area contributed by atoms with Crippen LogP contribution in [0.2, 0.25) is 0 Å². The van der Waals surface area contributed by atoms with E-state index in [1.54, 1.807) is 18.2 Å². The molecule has 0 unspecified atom stereocenters. The number of hydrogen-bond donors (Lipinski definition) is 2. The normalized spacial score (nSPS) is 12.2. The molecule has 0 fully saturated rings. The highest BCUT2D eigenvalue weighted by molar-refractivity contribution is 5.94. The van der Waals surface area contributed by atoms with Gasteiger partial charge in [-0.25, -0.2) is 0 Å². The maximum atomic E-state index is 12.1. The molecule has 0 saturated carbocycles. The maximum absolute atomic E-state index is 12.1. The second-order valence-electron chi connectivity index (χ2n) is 4.94. The molecule has 0 saturated heterocycles. The van der Waals surface area contributed by atoms with Gasteiger partial charge in [0.1, 0.15) is 0 Å². The van der Waals surface area contributed by atoms with Crippen LogP contribution in [0.1, 0.15) is 21.5 Å². The first-order valence-corrected chi connectivity index (χ1v) is 6.66. The van der Waals surface area contributed by atoms with Crippen LogP contribution in [0.3, 0.4) is 0 Å². The summed E-state index contributed by atoms with van der Waals surface area (Å²) in [6, 6.07) is 10.9. The Morgan fingerprint density at radius 2 is 2.00 bits per heavy atom. The standard InChI is InChI=1S/C16H16N2O3/c1-10-6-12(3-4-13(10)17)16(19)18-8-11-2-5-14-15(7-11)21-9-20-14/h2-7H,8-9,17H2,1H3,(H,18,19). The van der Waals surface area contributed by atoms with Crippen LogP contribution in [0.5, 0.6) is 11.5 Å². The van der Waals surface area contributed by atoms with E-state index < -0.39 is 0 Å². The molecule has 21 heavy (non-hydrogen) atoms. The zero-order valence-corrected chi connectivity index (χ0v) is 11.7. The molecule has 0 radical (unpaired) electrons. The third-order valence-corrected chi connectivity index (χ3v) is 3.42. The molecular formula is C16H16N2O3. The van der Waals surface area contributed by atoms with Gasteiger partial charge in [0.2, 0.25) is 6.79 Å². The van der Waals surface area contributed by atoms with Crippen molar-refractivity contribution in [3.05, 3.63) is 53.1 Å². The first-order chi connectivity index (χ1) is 10.1. The van der Waals surface area contributed by atoms with Gasteiger partial charge in [-0.2, -0.15) is 0 Å². The Morgan fingerprint density at radius 3 is 2.81 bits per heavy atom. The van der Waals surface area contributed by atoms with E-state index in [9.17, 15) is 4.79 Å². The smallest absolute Gasteiger partial charge is 0.251 e. The van der Waals surface area contributed by atoms with Crippen molar-refractivity contribution in [1.29, 1.82) is 0 Å². The van der Waals surface area contributed by atoms with E-state index >= 15 is 0 Å². The minimum absolute atomic E-state index is 0.129. The predicted octanol–water partition coefficient (Wildman–Crippen LogP) is 2.24. The zero-order chi connectivity index (χ0) is 14.8. The molecule has 1 amide bonds. The van der Waals surface area contributed by atoms with Crippen LogP contribution < -0.4 is 20.5 Å². The van der Waals surface area contributed by atoms with Crippen molar-refractivity contribution in [3.8, 4) is 11.5 Å². The fourth-order valence-electron chi connectivity index (χ4n) is 2.15. The molecule has 3 N–H and O–H groups in total. The van der Waals surface area contributed by atoms with Gasteiger partial charge in [-0.05, 0) is 48.4 Å². The number of hydrogen-bond acceptors (Lipinski definition) is 4. The Hall–Kier alpha value is -2.69. The number of nitrogens with two attached hydrogens (primary N) is 1. The lowest BCUT2D eigenvalue weighted by atomic mass is 10.1. The van der Waals surface area contributed by atoms with Gasteiger partial charge in [-0.3, -0.25) is 4.79 Å². The number of anilines is 1. The molecule has 2 aromatic carbocycles. The summed E-state index contributed by atoms with van der Waals surface area (Å²) in [5, 5.41) is 2.88. The number of aryl methyl sites for hydroxylation is 1. The topological polar surface area (TPSA) is 73.6 Å². The van der Waals surface area contributed by atoms with Crippen LogP contribution >= 0.6 is 0 Å². The summed E-state index contributed by atoms with van der Waals surface area (Å²) >= 11 is 0. The number of carbonyl (C=O) groups is 1. The average Bonchev–Trinajstić information content (AvgIpc) is 2.95. The summed E-state index contributed by atoms with van der Waals surface area (Å²) < 4.78 is 10.6. The summed E-state index contributed by atoms with van der Waals surface area (Å²) in [5.74, 6) is 1.32. The van der Waals surface area contributed by atoms with Crippen molar-refractivity contribution < 1.29 is 14.3 Å². The highest BCUT2D eigenvalue weighted by atomic mass is 16.7. The Kier molecular flexibility index (Phi) is 3.39. The number of carbonyl (C=O) groups excluding carboxylic acids is 1. The van der Waals surface area contributed by atoms with Crippen LogP contribution in [0.25, 0.3) is 0 Å². The van der Waals surface area contributed by atoms with Crippen LogP contribution in [0.4, 0.5) is 5.69 Å². The summed E-state index contributed by atoms with van der Waals surface area (Å²) in [6.45, 7) is 2.55. The Bertz CT molecular complexity index is 698. The van der Waals surface area contributed by atoms with Crippen molar-refractivity contribution in [2.45, 2.75) is 13.5 Å². The maximum Gasteiger partial charge on any atom is 0.251 e.